The van der Waals surface area contributed by atoms with E-state index in [0.717, 1.165) is 11.1 Å². The molecular formula is C31H23F3N6O4S. The minimum atomic E-state index is -4.77. The second kappa shape index (κ2) is 12.3. The third-order valence-corrected chi connectivity index (χ3v) is 7.76. The monoisotopic (exact) mass is 632 g/mol. The molecule has 45 heavy (non-hydrogen) atoms. The van der Waals surface area contributed by atoms with Crippen molar-refractivity contribution >= 4 is 34.6 Å². The van der Waals surface area contributed by atoms with Crippen molar-refractivity contribution < 1.29 is 32.2 Å². The molecule has 4 aromatic rings. The van der Waals surface area contributed by atoms with Crippen LogP contribution in [0.3, 0.4) is 0 Å². The quantitative estimate of drug-likeness (QED) is 0.238. The summed E-state index contributed by atoms with van der Waals surface area (Å²) in [7, 11) is 1.55. The second-order valence-corrected chi connectivity index (χ2v) is 10.7. The number of rotatable bonds is 8. The molecule has 1 aliphatic carbocycles. The molecule has 0 saturated carbocycles. The molecular weight excluding hydrogens is 609 g/mol. The number of nitrogens with zero attached hydrogens (tertiary/aromatic N) is 5. The summed E-state index contributed by atoms with van der Waals surface area (Å²) in [4.78, 5) is 35.6. The van der Waals surface area contributed by atoms with E-state index in [2.05, 4.69) is 30.9 Å². The van der Waals surface area contributed by atoms with Crippen molar-refractivity contribution in [2.24, 2.45) is 4.99 Å². The van der Waals surface area contributed by atoms with Crippen molar-refractivity contribution in [3.8, 4) is 28.6 Å². The van der Waals surface area contributed by atoms with E-state index in [1.807, 2.05) is 24.3 Å². The van der Waals surface area contributed by atoms with Gasteiger partial charge >= 0.3 is 12.4 Å². The first-order valence-electron chi connectivity index (χ1n) is 13.5. The Kier molecular flexibility index (Phi) is 8.16. The van der Waals surface area contributed by atoms with Crippen molar-refractivity contribution in [3.63, 3.8) is 0 Å². The lowest BCUT2D eigenvalue weighted by Gasteiger charge is -2.23. The largest absolute Gasteiger partial charge is 0.573 e. The SMILES string of the molecule is COc1ccc(C2C=C=C2)c(N2C(=O)CSC2=NC(=O)NCc2ccc(-c3ncn(-c4ccc(OC(F)(F)F)cc4)n3)cc2)c1. The summed E-state index contributed by atoms with van der Waals surface area (Å²) in [6, 6.07) is 17.3. The van der Waals surface area contributed by atoms with Gasteiger partial charge in [0.05, 0.1) is 24.2 Å². The Morgan fingerprint density at radius 1 is 1.09 bits per heavy atom. The van der Waals surface area contributed by atoms with Gasteiger partial charge < -0.3 is 14.8 Å². The molecule has 6 rings (SSSR count). The molecule has 0 unspecified atom stereocenters. The third-order valence-electron chi connectivity index (χ3n) is 6.83. The molecule has 228 valence electrons. The van der Waals surface area contributed by atoms with Gasteiger partial charge in [0.2, 0.25) is 5.91 Å². The lowest BCUT2D eigenvalue weighted by Crippen LogP contribution is -2.32. The van der Waals surface area contributed by atoms with Gasteiger partial charge in [-0.3, -0.25) is 9.69 Å². The van der Waals surface area contributed by atoms with Crippen LogP contribution in [0.4, 0.5) is 23.7 Å². The Balaban J connectivity index is 1.10. The van der Waals surface area contributed by atoms with Crippen LogP contribution in [-0.2, 0) is 11.3 Å². The smallest absolute Gasteiger partial charge is 0.497 e. The Morgan fingerprint density at radius 3 is 2.49 bits per heavy atom. The molecule has 2 heterocycles. The van der Waals surface area contributed by atoms with E-state index < -0.39 is 12.4 Å². The van der Waals surface area contributed by atoms with Crippen LogP contribution in [0, 0.1) is 0 Å². The molecule has 1 fully saturated rings. The maximum atomic E-state index is 12.9. The Bertz CT molecular complexity index is 1840. The number of amides is 3. The number of allylic oxidation sites excluding steroid dienone is 1. The molecule has 1 saturated heterocycles. The van der Waals surface area contributed by atoms with Gasteiger partial charge in [-0.25, -0.2) is 14.5 Å². The first-order chi connectivity index (χ1) is 21.7. The van der Waals surface area contributed by atoms with E-state index in [1.54, 1.807) is 37.4 Å². The molecule has 1 aromatic heterocycles. The van der Waals surface area contributed by atoms with Crippen LogP contribution < -0.4 is 19.7 Å². The van der Waals surface area contributed by atoms with Crippen molar-refractivity contribution in [1.29, 1.82) is 0 Å². The molecule has 1 N–H and O–H groups in total. The summed E-state index contributed by atoms with van der Waals surface area (Å²) in [6.45, 7) is 0.185. The van der Waals surface area contributed by atoms with Crippen molar-refractivity contribution in [2.75, 3.05) is 17.8 Å². The van der Waals surface area contributed by atoms with Crippen LogP contribution >= 0.6 is 11.8 Å². The van der Waals surface area contributed by atoms with E-state index in [1.165, 1.54) is 51.9 Å². The number of carbonyl (C=O) groups is 2. The average Bonchev–Trinajstić information content (AvgIpc) is 3.62. The number of aromatic nitrogens is 3. The van der Waals surface area contributed by atoms with E-state index in [0.29, 0.717) is 28.5 Å². The summed E-state index contributed by atoms with van der Waals surface area (Å²) < 4.78 is 47.9. The van der Waals surface area contributed by atoms with Crippen LogP contribution in [0.1, 0.15) is 17.0 Å². The maximum absolute atomic E-state index is 12.9. The number of ether oxygens (including phenoxy) is 2. The minimum absolute atomic E-state index is 0.000370. The normalized spacial score (nSPS) is 15.4. The molecule has 3 amide bonds. The van der Waals surface area contributed by atoms with Gasteiger partial charge in [-0.05, 0) is 53.6 Å². The number of aliphatic imine (C=N–C) groups is 1. The number of methoxy groups -OCH3 is 1. The number of nitrogens with one attached hydrogen (secondary N) is 1. The van der Waals surface area contributed by atoms with Crippen LogP contribution in [0.5, 0.6) is 11.5 Å². The molecule has 0 atom stereocenters. The minimum Gasteiger partial charge on any atom is -0.497 e. The zero-order valence-electron chi connectivity index (χ0n) is 23.5. The van der Waals surface area contributed by atoms with Crippen LogP contribution in [-0.4, -0.2) is 51.1 Å². The number of thioether (sulfide) groups is 1. The topological polar surface area (TPSA) is 111 Å². The Morgan fingerprint density at radius 2 is 1.82 bits per heavy atom. The first-order valence-corrected chi connectivity index (χ1v) is 14.5. The predicted octanol–water partition coefficient (Wildman–Crippen LogP) is 6.00. The zero-order chi connectivity index (χ0) is 31.6. The van der Waals surface area contributed by atoms with E-state index >= 15 is 0 Å². The maximum Gasteiger partial charge on any atom is 0.573 e. The van der Waals surface area contributed by atoms with Gasteiger partial charge in [0.25, 0.3) is 0 Å². The van der Waals surface area contributed by atoms with E-state index in [4.69, 9.17) is 4.74 Å². The molecule has 14 heteroatoms. The van der Waals surface area contributed by atoms with E-state index in [-0.39, 0.29) is 35.0 Å². The van der Waals surface area contributed by atoms with Gasteiger partial charge in [-0.15, -0.1) is 24.0 Å². The average molecular weight is 633 g/mol. The third kappa shape index (κ3) is 6.77. The van der Waals surface area contributed by atoms with Gasteiger partial charge in [-0.1, -0.05) is 42.1 Å². The molecule has 0 bridgehead atoms. The Hall–Kier alpha value is -5.33. The summed E-state index contributed by atoms with van der Waals surface area (Å²) in [5.41, 5.74) is 6.47. The standard InChI is InChI=1S/C31H23F3N6O4S/c1-43-24-13-14-25(20-3-2-4-20)26(15-24)40-27(41)17-45-30(40)37-29(42)35-16-19-5-7-21(8-6-19)28-36-18-39(38-28)22-9-11-23(12-10-22)44-31(32,33)34/h3-15,18,20H,16-17H2,1H3,(H,35,42). The lowest BCUT2D eigenvalue weighted by atomic mass is 9.92. The van der Waals surface area contributed by atoms with Gasteiger partial charge in [-0.2, -0.15) is 4.99 Å². The molecule has 1 aliphatic heterocycles. The number of urea groups is 1. The zero-order valence-corrected chi connectivity index (χ0v) is 24.3. The number of benzene rings is 3. The molecule has 3 aromatic carbocycles. The molecule has 2 aliphatic rings. The fourth-order valence-electron chi connectivity index (χ4n) is 4.58. The highest BCUT2D eigenvalue weighted by Crippen LogP contribution is 2.38. The van der Waals surface area contributed by atoms with Crippen molar-refractivity contribution in [3.05, 3.63) is 102 Å². The predicted molar refractivity (Wildman–Crippen MR) is 161 cm³/mol. The summed E-state index contributed by atoms with van der Waals surface area (Å²) in [5, 5.41) is 7.43. The van der Waals surface area contributed by atoms with Crippen LogP contribution in [0.2, 0.25) is 0 Å². The van der Waals surface area contributed by atoms with Crippen LogP contribution in [0.25, 0.3) is 17.1 Å². The number of carbonyl (C=O) groups excluding carboxylic acids is 2. The highest BCUT2D eigenvalue weighted by Gasteiger charge is 2.34. The molecule has 0 radical (unpaired) electrons. The molecule has 0 spiro atoms. The number of hydrogen-bond acceptors (Lipinski definition) is 7. The van der Waals surface area contributed by atoms with Gasteiger partial charge in [0.1, 0.15) is 17.8 Å². The fourth-order valence-corrected chi connectivity index (χ4v) is 5.43. The highest BCUT2D eigenvalue weighted by molar-refractivity contribution is 8.15. The highest BCUT2D eigenvalue weighted by atomic mass is 32.2. The fraction of sp³-hybridized carbons (Fsp3) is 0.161. The van der Waals surface area contributed by atoms with Gasteiger partial charge in [0.15, 0.2) is 11.0 Å². The number of halogens is 3. The van der Waals surface area contributed by atoms with Crippen molar-refractivity contribution in [2.45, 2.75) is 18.8 Å². The Labute approximate surface area is 258 Å². The summed E-state index contributed by atoms with van der Waals surface area (Å²) in [5.74, 6) is 0.613. The van der Waals surface area contributed by atoms with Crippen LogP contribution in [0.15, 0.2) is 95.9 Å². The van der Waals surface area contributed by atoms with Crippen molar-refractivity contribution in [1.82, 2.24) is 20.1 Å². The number of amidine groups is 1. The summed E-state index contributed by atoms with van der Waals surface area (Å²) >= 11 is 1.19. The number of anilines is 1. The van der Waals surface area contributed by atoms with E-state index in [9.17, 15) is 22.8 Å². The van der Waals surface area contributed by atoms with Gasteiger partial charge in [0, 0.05) is 24.1 Å². The first kappa shape index (κ1) is 29.7. The number of alkyl halides is 3. The second-order valence-electron chi connectivity index (χ2n) is 9.77. The lowest BCUT2D eigenvalue weighted by molar-refractivity contribution is -0.274. The number of hydrogen-bond donors (Lipinski definition) is 1. The molecule has 10 nitrogen and oxygen atoms in total. The summed E-state index contributed by atoms with van der Waals surface area (Å²) in [6.07, 6.45) is 0.475.